The first-order chi connectivity index (χ1) is 9.19. The lowest BCUT2D eigenvalue weighted by Gasteiger charge is -2.37. The van der Waals surface area contributed by atoms with Crippen LogP contribution in [-0.4, -0.2) is 42.0 Å². The zero-order valence-electron chi connectivity index (χ0n) is 10.5. The Bertz CT molecular complexity index is 566. The number of amides is 1. The van der Waals surface area contributed by atoms with Crippen molar-refractivity contribution >= 4 is 49.6 Å². The molecule has 2 aromatic rings. The Kier molecular flexibility index (Phi) is 3.80. The second-order valence-corrected chi connectivity index (χ2v) is 7.02. The van der Waals surface area contributed by atoms with E-state index >= 15 is 0 Å². The van der Waals surface area contributed by atoms with Crippen LogP contribution in [0.2, 0.25) is 0 Å². The molecule has 2 aromatic heterocycles. The minimum atomic E-state index is -0.0529. The molecule has 2 unspecified atom stereocenters. The summed E-state index contributed by atoms with van der Waals surface area (Å²) in [7, 11) is 0. The Morgan fingerprint density at radius 3 is 3.16 bits per heavy atom. The van der Waals surface area contributed by atoms with Crippen molar-refractivity contribution in [3.8, 4) is 0 Å². The molecule has 3 heterocycles. The molecule has 0 spiro atoms. The Balaban J connectivity index is 1.83. The molecule has 0 aromatic carbocycles. The minimum Gasteiger partial charge on any atom is -0.373 e. The van der Waals surface area contributed by atoms with Crippen molar-refractivity contribution in [2.24, 2.45) is 0 Å². The normalized spacial score (nSPS) is 24.0. The van der Waals surface area contributed by atoms with E-state index in [9.17, 15) is 4.79 Å². The highest BCUT2D eigenvalue weighted by Gasteiger charge is 2.30. The molecule has 6 heteroatoms. The van der Waals surface area contributed by atoms with Gasteiger partial charge in [0.15, 0.2) is 0 Å². The summed E-state index contributed by atoms with van der Waals surface area (Å²) in [4.78, 5) is 15.3. The second kappa shape index (κ2) is 5.40. The average Bonchev–Trinajstić information content (AvgIpc) is 2.99. The van der Waals surface area contributed by atoms with E-state index in [4.69, 9.17) is 16.3 Å². The van der Waals surface area contributed by atoms with Crippen molar-refractivity contribution in [2.45, 2.75) is 19.1 Å². The van der Waals surface area contributed by atoms with E-state index in [1.165, 1.54) is 9.40 Å². The number of carbonyl (C=O) groups excluding carboxylic acids is 1. The fourth-order valence-corrected chi connectivity index (χ4v) is 4.46. The maximum atomic E-state index is 12.6. The Labute approximate surface area is 124 Å². The first-order valence-electron chi connectivity index (χ1n) is 6.14. The SMILES string of the molecule is CC1COC(CCl)CN1C(=O)c1cc2sccc2s1. The number of morpholine rings is 1. The number of halogens is 1. The van der Waals surface area contributed by atoms with Gasteiger partial charge < -0.3 is 9.64 Å². The van der Waals surface area contributed by atoms with Crippen LogP contribution < -0.4 is 0 Å². The van der Waals surface area contributed by atoms with E-state index in [0.29, 0.717) is 19.0 Å². The summed E-state index contributed by atoms with van der Waals surface area (Å²) in [6.07, 6.45) is -0.0529. The summed E-state index contributed by atoms with van der Waals surface area (Å²) in [5.74, 6) is 0.523. The molecule has 0 N–H and O–H groups in total. The van der Waals surface area contributed by atoms with Gasteiger partial charge in [0, 0.05) is 15.9 Å². The van der Waals surface area contributed by atoms with Crippen LogP contribution in [0.5, 0.6) is 0 Å². The lowest BCUT2D eigenvalue weighted by Crippen LogP contribution is -2.51. The number of fused-ring (bicyclic) bond motifs is 1. The van der Waals surface area contributed by atoms with Crippen LogP contribution in [0.4, 0.5) is 0 Å². The van der Waals surface area contributed by atoms with Crippen LogP contribution in [0, 0.1) is 0 Å². The van der Waals surface area contributed by atoms with Gasteiger partial charge >= 0.3 is 0 Å². The third-order valence-corrected chi connectivity index (χ3v) is 5.71. The summed E-state index contributed by atoms with van der Waals surface area (Å²) in [5.41, 5.74) is 0. The molecular weight excluding hydrogens is 302 g/mol. The van der Waals surface area contributed by atoms with E-state index in [-0.39, 0.29) is 18.1 Å². The van der Waals surface area contributed by atoms with E-state index in [2.05, 4.69) is 11.4 Å². The molecule has 1 aliphatic heterocycles. The first-order valence-corrected chi connectivity index (χ1v) is 8.37. The van der Waals surface area contributed by atoms with Gasteiger partial charge in [0.1, 0.15) is 0 Å². The molecule has 3 rings (SSSR count). The smallest absolute Gasteiger partial charge is 0.264 e. The molecule has 2 atom stereocenters. The van der Waals surface area contributed by atoms with E-state index < -0.39 is 0 Å². The number of ether oxygens (including phenoxy) is 1. The Morgan fingerprint density at radius 2 is 2.42 bits per heavy atom. The molecule has 0 bridgehead atoms. The van der Waals surface area contributed by atoms with Crippen LogP contribution in [0.15, 0.2) is 17.5 Å². The van der Waals surface area contributed by atoms with Crippen molar-refractivity contribution in [3.05, 3.63) is 22.4 Å². The summed E-state index contributed by atoms with van der Waals surface area (Å²) in [6.45, 7) is 3.15. The van der Waals surface area contributed by atoms with Crippen molar-refractivity contribution in [1.82, 2.24) is 4.90 Å². The fourth-order valence-electron chi connectivity index (χ4n) is 2.21. The average molecular weight is 316 g/mol. The molecule has 102 valence electrons. The molecule has 0 aliphatic carbocycles. The molecule has 1 aliphatic rings. The Morgan fingerprint density at radius 1 is 1.58 bits per heavy atom. The lowest BCUT2D eigenvalue weighted by molar-refractivity contribution is -0.0370. The zero-order valence-corrected chi connectivity index (χ0v) is 12.9. The van der Waals surface area contributed by atoms with Crippen molar-refractivity contribution in [3.63, 3.8) is 0 Å². The highest BCUT2D eigenvalue weighted by molar-refractivity contribution is 7.27. The topological polar surface area (TPSA) is 29.5 Å². The van der Waals surface area contributed by atoms with Crippen LogP contribution in [-0.2, 0) is 4.74 Å². The summed E-state index contributed by atoms with van der Waals surface area (Å²) in [6, 6.07) is 4.16. The molecule has 0 saturated carbocycles. The van der Waals surface area contributed by atoms with Gasteiger partial charge in [0.25, 0.3) is 5.91 Å². The number of hydrogen-bond acceptors (Lipinski definition) is 4. The van der Waals surface area contributed by atoms with Crippen molar-refractivity contribution in [1.29, 1.82) is 0 Å². The fraction of sp³-hybridized carbons (Fsp3) is 0.462. The van der Waals surface area contributed by atoms with Gasteiger partial charge in [0.2, 0.25) is 0 Å². The third kappa shape index (κ3) is 2.52. The van der Waals surface area contributed by atoms with Crippen LogP contribution in [0.3, 0.4) is 0 Å². The monoisotopic (exact) mass is 315 g/mol. The number of thiophene rings is 2. The predicted octanol–water partition coefficient (Wildman–Crippen LogP) is 3.43. The van der Waals surface area contributed by atoms with E-state index in [1.807, 2.05) is 17.9 Å². The zero-order chi connectivity index (χ0) is 13.4. The van der Waals surface area contributed by atoms with Crippen LogP contribution in [0.1, 0.15) is 16.6 Å². The number of alkyl halides is 1. The van der Waals surface area contributed by atoms with Gasteiger partial charge in [-0.1, -0.05) is 0 Å². The molecule has 1 fully saturated rings. The second-order valence-electron chi connectivity index (χ2n) is 4.68. The van der Waals surface area contributed by atoms with Gasteiger partial charge in [-0.05, 0) is 24.4 Å². The summed E-state index contributed by atoms with van der Waals surface area (Å²) < 4.78 is 7.95. The maximum absolute atomic E-state index is 12.6. The van der Waals surface area contributed by atoms with Gasteiger partial charge in [-0.15, -0.1) is 34.3 Å². The van der Waals surface area contributed by atoms with Gasteiger partial charge in [-0.2, -0.15) is 0 Å². The highest BCUT2D eigenvalue weighted by atomic mass is 35.5. The molecule has 1 amide bonds. The Hall–Kier alpha value is -0.620. The molecule has 19 heavy (non-hydrogen) atoms. The molecule has 3 nitrogen and oxygen atoms in total. The molecular formula is C13H14ClNO2S2. The lowest BCUT2D eigenvalue weighted by atomic mass is 10.2. The number of nitrogens with zero attached hydrogens (tertiary/aromatic N) is 1. The van der Waals surface area contributed by atoms with Gasteiger partial charge in [-0.25, -0.2) is 0 Å². The van der Waals surface area contributed by atoms with E-state index in [1.54, 1.807) is 22.7 Å². The number of carbonyl (C=O) groups is 1. The summed E-state index contributed by atoms with van der Waals surface area (Å²) in [5, 5.41) is 2.05. The minimum absolute atomic E-state index is 0.0529. The number of hydrogen-bond donors (Lipinski definition) is 0. The third-order valence-electron chi connectivity index (χ3n) is 3.29. The van der Waals surface area contributed by atoms with Crippen LogP contribution >= 0.6 is 34.3 Å². The molecule has 1 saturated heterocycles. The summed E-state index contributed by atoms with van der Waals surface area (Å²) >= 11 is 9.07. The number of rotatable bonds is 2. The van der Waals surface area contributed by atoms with Crippen molar-refractivity contribution < 1.29 is 9.53 Å². The quantitative estimate of drug-likeness (QED) is 0.795. The van der Waals surface area contributed by atoms with Crippen molar-refractivity contribution in [2.75, 3.05) is 19.0 Å². The van der Waals surface area contributed by atoms with E-state index in [0.717, 1.165) is 4.88 Å². The molecule has 0 radical (unpaired) electrons. The largest absolute Gasteiger partial charge is 0.373 e. The highest BCUT2D eigenvalue weighted by Crippen LogP contribution is 2.31. The first kappa shape index (κ1) is 13.4. The van der Waals surface area contributed by atoms with Gasteiger partial charge in [-0.3, -0.25) is 4.79 Å². The maximum Gasteiger partial charge on any atom is 0.264 e. The van der Waals surface area contributed by atoms with Crippen LogP contribution in [0.25, 0.3) is 9.40 Å². The van der Waals surface area contributed by atoms with Gasteiger partial charge in [0.05, 0.1) is 29.5 Å². The standard InChI is InChI=1S/C13H14ClNO2S2/c1-8-7-17-9(5-14)6-15(8)13(16)12-4-11-10(19-12)2-3-18-11/h2-4,8-9H,5-7H2,1H3. The predicted molar refractivity (Wildman–Crippen MR) is 80.7 cm³/mol.